The Kier molecular flexibility index (Phi) is 10.2. The Morgan fingerprint density at radius 2 is 1.06 bits per heavy atom. The summed E-state index contributed by atoms with van der Waals surface area (Å²) in [4.78, 5) is 0. The Morgan fingerprint density at radius 3 is 1.52 bits per heavy atom. The monoisotopic (exact) mass is 455 g/mol. The molecule has 4 saturated carbocycles. The van der Waals surface area contributed by atoms with Crippen molar-refractivity contribution >= 4 is 0 Å². The molecule has 4 aliphatic carbocycles. The quantitative estimate of drug-likeness (QED) is 0.154. The fourth-order valence-electron chi connectivity index (χ4n) is 8.03. The summed E-state index contributed by atoms with van der Waals surface area (Å²) in [5.41, 5.74) is 0.495. The highest BCUT2D eigenvalue weighted by Gasteiger charge is 2.54. The van der Waals surface area contributed by atoms with Crippen molar-refractivity contribution in [2.24, 2.45) is 17.8 Å². The molecule has 0 N–H and O–H groups in total. The van der Waals surface area contributed by atoms with Gasteiger partial charge in [-0.15, -0.1) is 0 Å². The lowest BCUT2D eigenvalue weighted by atomic mass is 9.53. The Hall–Kier alpha value is -0.790. The molecule has 4 fully saturated rings. The first kappa shape index (κ1) is 25.3. The molecule has 33 heavy (non-hydrogen) atoms. The van der Waals surface area contributed by atoms with Gasteiger partial charge in [0, 0.05) is 0 Å². The molecule has 0 spiro atoms. The van der Waals surface area contributed by atoms with Gasteiger partial charge in [-0.3, -0.25) is 0 Å². The topological polar surface area (TPSA) is 8.81 Å². The van der Waals surface area contributed by atoms with Crippen LogP contribution < -0.4 is 4.57 Å². The number of unbranched alkanes of at least 4 members (excludes halogenated alkanes) is 15. The van der Waals surface area contributed by atoms with E-state index in [2.05, 4.69) is 34.8 Å². The molecule has 0 atom stereocenters. The minimum atomic E-state index is 0.495. The molecule has 5 rings (SSSR count). The van der Waals surface area contributed by atoms with Crippen LogP contribution in [0.2, 0.25) is 0 Å². The van der Waals surface area contributed by atoms with Crippen LogP contribution in [0.5, 0.6) is 0 Å². The van der Waals surface area contributed by atoms with Gasteiger partial charge < -0.3 is 0 Å². The van der Waals surface area contributed by atoms with E-state index in [1.54, 1.807) is 19.3 Å². The van der Waals surface area contributed by atoms with Crippen LogP contribution in [-0.4, -0.2) is 4.57 Å². The van der Waals surface area contributed by atoms with Crippen LogP contribution in [0, 0.1) is 17.8 Å². The van der Waals surface area contributed by atoms with E-state index in [0.29, 0.717) is 5.54 Å². The van der Waals surface area contributed by atoms with Crippen LogP contribution in [-0.2, 0) is 12.1 Å². The summed E-state index contributed by atoms with van der Waals surface area (Å²) < 4.78 is 5.15. The van der Waals surface area contributed by atoms with Crippen molar-refractivity contribution in [2.45, 2.75) is 160 Å². The molecule has 1 aromatic rings. The van der Waals surface area contributed by atoms with Gasteiger partial charge in [0.2, 0.25) is 6.33 Å². The Morgan fingerprint density at radius 1 is 0.636 bits per heavy atom. The molecule has 0 amide bonds. The van der Waals surface area contributed by atoms with Gasteiger partial charge in [0.15, 0.2) is 0 Å². The van der Waals surface area contributed by atoms with E-state index in [1.807, 2.05) is 0 Å². The van der Waals surface area contributed by atoms with Crippen LogP contribution in [0.4, 0.5) is 0 Å². The first-order valence-corrected chi connectivity index (χ1v) is 15.3. The lowest BCUT2D eigenvalue weighted by Gasteiger charge is -2.54. The van der Waals surface area contributed by atoms with Crippen LogP contribution in [0.1, 0.15) is 148 Å². The van der Waals surface area contributed by atoms with E-state index in [4.69, 9.17) is 0 Å². The second kappa shape index (κ2) is 13.3. The third-order valence-corrected chi connectivity index (χ3v) is 9.51. The third-order valence-electron chi connectivity index (χ3n) is 9.51. The highest BCUT2D eigenvalue weighted by molar-refractivity contribution is 5.05. The van der Waals surface area contributed by atoms with E-state index < -0.39 is 0 Å². The van der Waals surface area contributed by atoms with Crippen LogP contribution >= 0.6 is 0 Å². The zero-order chi connectivity index (χ0) is 22.8. The van der Waals surface area contributed by atoms with Crippen molar-refractivity contribution in [3.05, 3.63) is 18.7 Å². The second-order valence-corrected chi connectivity index (χ2v) is 12.5. The van der Waals surface area contributed by atoms with Crippen LogP contribution in [0.15, 0.2) is 18.7 Å². The maximum Gasteiger partial charge on any atom is 0.244 e. The summed E-state index contributed by atoms with van der Waals surface area (Å²) in [5.74, 6) is 3.10. The van der Waals surface area contributed by atoms with Gasteiger partial charge >= 0.3 is 0 Å². The normalized spacial score (nSPS) is 28.1. The van der Waals surface area contributed by atoms with Crippen molar-refractivity contribution in [3.63, 3.8) is 0 Å². The van der Waals surface area contributed by atoms with Crippen molar-refractivity contribution in [3.8, 4) is 0 Å². The van der Waals surface area contributed by atoms with E-state index >= 15 is 0 Å². The van der Waals surface area contributed by atoms with Gasteiger partial charge in [-0.25, -0.2) is 9.13 Å². The third kappa shape index (κ3) is 7.60. The van der Waals surface area contributed by atoms with E-state index in [-0.39, 0.29) is 0 Å². The molecule has 0 saturated heterocycles. The van der Waals surface area contributed by atoms with Gasteiger partial charge in [0.1, 0.15) is 17.9 Å². The minimum absolute atomic E-state index is 0.495. The summed E-state index contributed by atoms with van der Waals surface area (Å²) in [6.45, 7) is 3.53. The average Bonchev–Trinajstić information content (AvgIpc) is 3.28. The highest BCUT2D eigenvalue weighted by atomic mass is 15.2. The van der Waals surface area contributed by atoms with Gasteiger partial charge in [-0.05, 0) is 69.1 Å². The van der Waals surface area contributed by atoms with E-state index in [9.17, 15) is 0 Å². The maximum atomic E-state index is 2.66. The molecular weight excluding hydrogens is 400 g/mol. The fraction of sp³-hybridized carbons (Fsp3) is 0.903. The lowest BCUT2D eigenvalue weighted by Crippen LogP contribution is -2.51. The Labute approximate surface area is 205 Å². The van der Waals surface area contributed by atoms with E-state index in [1.165, 1.54) is 129 Å². The summed E-state index contributed by atoms with van der Waals surface area (Å²) in [6, 6.07) is 0. The van der Waals surface area contributed by atoms with Gasteiger partial charge in [-0.1, -0.05) is 96.8 Å². The Bertz CT molecular complexity index is 624. The second-order valence-electron chi connectivity index (χ2n) is 12.5. The molecule has 2 nitrogen and oxygen atoms in total. The number of hydrogen-bond acceptors (Lipinski definition) is 0. The first-order chi connectivity index (χ1) is 16.3. The lowest BCUT2D eigenvalue weighted by molar-refractivity contribution is -0.697. The molecule has 1 heterocycles. The molecule has 4 bridgehead atoms. The fourth-order valence-corrected chi connectivity index (χ4v) is 8.03. The smallest absolute Gasteiger partial charge is 0.237 e. The predicted octanol–water partition coefficient (Wildman–Crippen LogP) is 8.96. The molecule has 0 aromatic carbocycles. The molecular formula is C31H55N2+. The molecule has 2 heteroatoms. The minimum Gasteiger partial charge on any atom is -0.237 e. The number of aryl methyl sites for hydroxylation is 1. The molecule has 0 radical (unpaired) electrons. The largest absolute Gasteiger partial charge is 0.244 e. The number of imidazole rings is 1. The molecule has 4 aliphatic rings. The maximum absolute atomic E-state index is 2.66. The Balaban J connectivity index is 0.978. The van der Waals surface area contributed by atoms with Crippen LogP contribution in [0.25, 0.3) is 0 Å². The highest BCUT2D eigenvalue weighted by Crippen LogP contribution is 2.58. The van der Waals surface area contributed by atoms with Crippen molar-refractivity contribution in [1.82, 2.24) is 4.57 Å². The van der Waals surface area contributed by atoms with Gasteiger partial charge in [-0.2, -0.15) is 0 Å². The zero-order valence-corrected chi connectivity index (χ0v) is 22.1. The van der Waals surface area contributed by atoms with Gasteiger partial charge in [0.05, 0.1) is 6.54 Å². The average molecular weight is 456 g/mol. The SMILES string of the molecule is CCCCCCCCCCCCCCCCCC[n+]1ccn(C23CC4CC(CC(C4)C2)C3)c1. The number of aromatic nitrogens is 2. The summed E-state index contributed by atoms with van der Waals surface area (Å²) >= 11 is 0. The van der Waals surface area contributed by atoms with E-state index in [0.717, 1.165) is 17.8 Å². The van der Waals surface area contributed by atoms with Crippen molar-refractivity contribution < 1.29 is 4.57 Å². The molecule has 188 valence electrons. The summed E-state index contributed by atoms with van der Waals surface area (Å²) in [6.07, 6.45) is 39.5. The summed E-state index contributed by atoms with van der Waals surface area (Å²) in [5, 5.41) is 0. The van der Waals surface area contributed by atoms with Crippen molar-refractivity contribution in [1.29, 1.82) is 0 Å². The number of hydrogen-bond donors (Lipinski definition) is 0. The van der Waals surface area contributed by atoms with Gasteiger partial charge in [0.25, 0.3) is 0 Å². The molecule has 1 aromatic heterocycles. The summed E-state index contributed by atoms with van der Waals surface area (Å²) in [7, 11) is 0. The first-order valence-electron chi connectivity index (χ1n) is 15.3. The number of nitrogens with zero attached hydrogens (tertiary/aromatic N) is 2. The van der Waals surface area contributed by atoms with Crippen molar-refractivity contribution in [2.75, 3.05) is 0 Å². The molecule has 0 unspecified atom stereocenters. The van der Waals surface area contributed by atoms with Crippen LogP contribution in [0.3, 0.4) is 0 Å². The number of rotatable bonds is 18. The predicted molar refractivity (Wildman–Crippen MR) is 140 cm³/mol. The molecule has 0 aliphatic heterocycles. The standard InChI is InChI=1S/C31H55N2/c1-2-3-4-5-6-7-8-9-10-11-12-13-14-15-16-17-18-32-19-20-33(27-32)31-24-28-21-29(25-31)23-30(22-28)26-31/h19-20,27-30H,2-18,21-26H2,1H3/q+1. The zero-order valence-electron chi connectivity index (χ0n) is 22.1.